The summed E-state index contributed by atoms with van der Waals surface area (Å²) in [5, 5.41) is 2.33. The molecule has 1 amide bonds. The first kappa shape index (κ1) is 14.3. The zero-order chi connectivity index (χ0) is 14.8. The molecule has 4 heteroatoms. The molecule has 106 valence electrons. The molecule has 0 saturated carbocycles. The van der Waals surface area contributed by atoms with Gasteiger partial charge in [0.05, 0.1) is 4.91 Å². The molecular weight excluding hydrogens is 298 g/mol. The molecule has 0 aliphatic carbocycles. The lowest BCUT2D eigenvalue weighted by molar-refractivity contribution is -0.122. The molecule has 0 unspecified atom stereocenters. The Kier molecular flexibility index (Phi) is 4.08. The minimum Gasteiger partial charge on any atom is -0.293 e. The first-order valence-electron chi connectivity index (χ1n) is 6.94. The van der Waals surface area contributed by atoms with Crippen molar-refractivity contribution in [1.29, 1.82) is 0 Å². The second kappa shape index (κ2) is 6.00. The highest BCUT2D eigenvalue weighted by atomic mass is 32.2. The molecule has 0 atom stereocenters. The molecular formula is C17H15NOS2. The first-order valence-corrected chi connectivity index (χ1v) is 8.16. The van der Waals surface area contributed by atoms with Crippen LogP contribution in [0.2, 0.25) is 0 Å². The highest BCUT2D eigenvalue weighted by Gasteiger charge is 2.31. The standard InChI is InChI=1S/C17H15NOS2/c1-2-10-18-16(19)15(21-17(18)20)11-13-8-5-7-12-6-3-4-9-14(12)13/h3-9,11H,2,10H2,1H3/b15-11-. The monoisotopic (exact) mass is 313 g/mol. The maximum atomic E-state index is 12.4. The average molecular weight is 313 g/mol. The van der Waals surface area contributed by atoms with Crippen molar-refractivity contribution in [3.05, 3.63) is 52.9 Å². The molecule has 0 N–H and O–H groups in total. The van der Waals surface area contributed by atoms with Crippen LogP contribution >= 0.6 is 24.0 Å². The van der Waals surface area contributed by atoms with Crippen molar-refractivity contribution in [3.63, 3.8) is 0 Å². The van der Waals surface area contributed by atoms with Crippen LogP contribution in [0.5, 0.6) is 0 Å². The molecule has 2 aromatic carbocycles. The van der Waals surface area contributed by atoms with Gasteiger partial charge in [-0.1, -0.05) is 73.4 Å². The number of rotatable bonds is 3. The fourth-order valence-corrected chi connectivity index (χ4v) is 3.73. The van der Waals surface area contributed by atoms with Crippen molar-refractivity contribution in [1.82, 2.24) is 4.90 Å². The first-order chi connectivity index (χ1) is 10.2. The maximum absolute atomic E-state index is 12.4. The van der Waals surface area contributed by atoms with Crippen molar-refractivity contribution in [2.24, 2.45) is 0 Å². The highest BCUT2D eigenvalue weighted by molar-refractivity contribution is 8.26. The zero-order valence-electron chi connectivity index (χ0n) is 11.7. The van der Waals surface area contributed by atoms with Crippen LogP contribution in [0.15, 0.2) is 47.4 Å². The summed E-state index contributed by atoms with van der Waals surface area (Å²) in [5.41, 5.74) is 1.06. The van der Waals surface area contributed by atoms with E-state index in [9.17, 15) is 4.79 Å². The van der Waals surface area contributed by atoms with E-state index in [1.807, 2.05) is 37.3 Å². The Balaban J connectivity index is 2.01. The summed E-state index contributed by atoms with van der Waals surface area (Å²) in [6.45, 7) is 2.74. The third-order valence-corrected chi connectivity index (χ3v) is 4.81. The molecule has 1 saturated heterocycles. The number of thioether (sulfide) groups is 1. The van der Waals surface area contributed by atoms with Gasteiger partial charge in [0.1, 0.15) is 4.32 Å². The lowest BCUT2D eigenvalue weighted by Crippen LogP contribution is -2.28. The van der Waals surface area contributed by atoms with Crippen LogP contribution in [-0.4, -0.2) is 21.7 Å². The van der Waals surface area contributed by atoms with Gasteiger partial charge in [0.15, 0.2) is 0 Å². The number of amides is 1. The van der Waals surface area contributed by atoms with Crippen molar-refractivity contribution >= 4 is 51.1 Å². The maximum Gasteiger partial charge on any atom is 0.266 e. The van der Waals surface area contributed by atoms with Crippen molar-refractivity contribution in [2.45, 2.75) is 13.3 Å². The summed E-state index contributed by atoms with van der Waals surface area (Å²) in [5.74, 6) is 0.0276. The molecule has 2 aromatic rings. The molecule has 1 heterocycles. The lowest BCUT2D eigenvalue weighted by Gasteiger charge is -2.12. The predicted octanol–water partition coefficient (Wildman–Crippen LogP) is 4.45. The van der Waals surface area contributed by atoms with Crippen molar-refractivity contribution in [3.8, 4) is 0 Å². The van der Waals surface area contributed by atoms with Gasteiger partial charge in [-0.15, -0.1) is 0 Å². The number of benzene rings is 2. The van der Waals surface area contributed by atoms with Gasteiger partial charge in [-0.2, -0.15) is 0 Å². The molecule has 21 heavy (non-hydrogen) atoms. The van der Waals surface area contributed by atoms with Crippen molar-refractivity contribution < 1.29 is 4.79 Å². The SMILES string of the molecule is CCCN1C(=O)/C(=C/c2cccc3ccccc23)SC1=S. The number of hydrogen-bond donors (Lipinski definition) is 0. The molecule has 1 aliphatic rings. The van der Waals surface area contributed by atoms with E-state index in [0.29, 0.717) is 15.8 Å². The van der Waals surface area contributed by atoms with Gasteiger partial charge in [-0.3, -0.25) is 9.69 Å². The number of carbonyl (C=O) groups is 1. The molecule has 2 nitrogen and oxygen atoms in total. The Hall–Kier alpha value is -1.65. The summed E-state index contributed by atoms with van der Waals surface area (Å²) in [4.78, 5) is 14.8. The van der Waals surface area contributed by atoms with E-state index < -0.39 is 0 Å². The molecule has 3 rings (SSSR count). The molecule has 0 aromatic heterocycles. The zero-order valence-corrected chi connectivity index (χ0v) is 13.3. The van der Waals surface area contributed by atoms with E-state index in [1.54, 1.807) is 4.90 Å². The summed E-state index contributed by atoms with van der Waals surface area (Å²) >= 11 is 6.69. The quantitative estimate of drug-likeness (QED) is 0.617. The second-order valence-electron chi connectivity index (χ2n) is 4.90. The van der Waals surface area contributed by atoms with Crippen molar-refractivity contribution in [2.75, 3.05) is 6.54 Å². The van der Waals surface area contributed by atoms with Gasteiger partial charge in [0.2, 0.25) is 0 Å². The molecule has 1 fully saturated rings. The second-order valence-corrected chi connectivity index (χ2v) is 6.58. The van der Waals surface area contributed by atoms with Crippen LogP contribution in [0.3, 0.4) is 0 Å². The van der Waals surface area contributed by atoms with E-state index in [-0.39, 0.29) is 5.91 Å². The Morgan fingerprint density at radius 3 is 2.76 bits per heavy atom. The molecule has 1 aliphatic heterocycles. The van der Waals surface area contributed by atoms with Crippen LogP contribution in [-0.2, 0) is 4.79 Å². The molecule has 0 radical (unpaired) electrons. The van der Waals surface area contributed by atoms with E-state index in [4.69, 9.17) is 12.2 Å². The van der Waals surface area contributed by atoms with E-state index >= 15 is 0 Å². The van der Waals surface area contributed by atoms with E-state index in [2.05, 4.69) is 18.2 Å². The minimum absolute atomic E-state index is 0.0276. The lowest BCUT2D eigenvalue weighted by atomic mass is 10.0. The third-order valence-electron chi connectivity index (χ3n) is 3.43. The molecule has 0 spiro atoms. The van der Waals surface area contributed by atoms with Crippen LogP contribution < -0.4 is 0 Å². The largest absolute Gasteiger partial charge is 0.293 e. The van der Waals surface area contributed by atoms with E-state index in [1.165, 1.54) is 17.1 Å². The van der Waals surface area contributed by atoms with Gasteiger partial charge in [-0.05, 0) is 28.8 Å². The fraction of sp³-hybridized carbons (Fsp3) is 0.176. The smallest absolute Gasteiger partial charge is 0.266 e. The summed E-state index contributed by atoms with van der Waals surface area (Å²) in [6, 6.07) is 14.3. The topological polar surface area (TPSA) is 20.3 Å². The number of carbonyl (C=O) groups excluding carboxylic acids is 1. The Morgan fingerprint density at radius 2 is 1.95 bits per heavy atom. The molecule has 0 bridgehead atoms. The normalized spacial score (nSPS) is 17.2. The van der Waals surface area contributed by atoms with Gasteiger partial charge in [0, 0.05) is 6.54 Å². The number of hydrogen-bond acceptors (Lipinski definition) is 3. The predicted molar refractivity (Wildman–Crippen MR) is 94.1 cm³/mol. The fourth-order valence-electron chi connectivity index (χ4n) is 2.43. The minimum atomic E-state index is 0.0276. The number of fused-ring (bicyclic) bond motifs is 1. The van der Waals surface area contributed by atoms with Gasteiger partial charge >= 0.3 is 0 Å². The Morgan fingerprint density at radius 1 is 1.19 bits per heavy atom. The average Bonchev–Trinajstić information content (AvgIpc) is 2.76. The van der Waals surface area contributed by atoms with Crippen LogP contribution in [0.25, 0.3) is 16.8 Å². The van der Waals surface area contributed by atoms with E-state index in [0.717, 1.165) is 17.4 Å². The highest BCUT2D eigenvalue weighted by Crippen LogP contribution is 2.33. The van der Waals surface area contributed by atoms with Gasteiger partial charge < -0.3 is 0 Å². The summed E-state index contributed by atoms with van der Waals surface area (Å²) in [6.07, 6.45) is 2.87. The number of thiocarbonyl (C=S) groups is 1. The number of nitrogens with zero attached hydrogens (tertiary/aromatic N) is 1. The van der Waals surface area contributed by atoms with Gasteiger partial charge in [0.25, 0.3) is 5.91 Å². The third kappa shape index (κ3) is 2.74. The van der Waals surface area contributed by atoms with Crippen LogP contribution in [0.1, 0.15) is 18.9 Å². The Labute approximate surface area is 133 Å². The van der Waals surface area contributed by atoms with Crippen LogP contribution in [0, 0.1) is 0 Å². The Bertz CT molecular complexity index is 746. The summed E-state index contributed by atoms with van der Waals surface area (Å²) < 4.78 is 0.660. The van der Waals surface area contributed by atoms with Gasteiger partial charge in [-0.25, -0.2) is 0 Å². The summed E-state index contributed by atoms with van der Waals surface area (Å²) in [7, 11) is 0. The van der Waals surface area contributed by atoms with Crippen LogP contribution in [0.4, 0.5) is 0 Å².